The highest BCUT2D eigenvalue weighted by Crippen LogP contribution is 2.30. The molecule has 0 spiro atoms. The molecular weight excluding hydrogens is 264 g/mol. The summed E-state index contributed by atoms with van der Waals surface area (Å²) in [7, 11) is 0. The van der Waals surface area contributed by atoms with Crippen LogP contribution in [-0.4, -0.2) is 16.3 Å². The molecule has 0 bridgehead atoms. The second kappa shape index (κ2) is 5.13. The lowest BCUT2D eigenvalue weighted by Gasteiger charge is -2.12. The topological polar surface area (TPSA) is 33.1 Å². The maximum Gasteiger partial charge on any atom is 0.417 e. The fraction of sp³-hybridized carbons (Fsp3) is 0.500. The molecule has 1 unspecified atom stereocenters. The van der Waals surface area contributed by atoms with Crippen molar-refractivity contribution in [2.75, 3.05) is 0 Å². The first-order valence-electron chi connectivity index (χ1n) is 4.87. The molecule has 1 heterocycles. The third-order valence-electron chi connectivity index (χ3n) is 2.16. The van der Waals surface area contributed by atoms with Crippen molar-refractivity contribution in [2.45, 2.75) is 31.3 Å². The Hall–Kier alpha value is -1.31. The summed E-state index contributed by atoms with van der Waals surface area (Å²) < 4.78 is 72.1. The molecule has 1 rings (SSSR count). The Morgan fingerprint density at radius 3 is 2.11 bits per heavy atom. The summed E-state index contributed by atoms with van der Waals surface area (Å²) in [5.41, 5.74) is -1.23. The van der Waals surface area contributed by atoms with Crippen molar-refractivity contribution in [1.82, 2.24) is 4.98 Å². The highest BCUT2D eigenvalue weighted by molar-refractivity contribution is 5.18. The lowest BCUT2D eigenvalue weighted by Crippen LogP contribution is -2.11. The summed E-state index contributed by atoms with van der Waals surface area (Å²) in [6.07, 6.45) is -11.9. The molecule has 1 N–H and O–H groups in total. The first kappa shape index (κ1) is 14.7. The molecule has 0 aliphatic carbocycles. The Bertz CT molecular complexity index is 383. The lowest BCUT2D eigenvalue weighted by molar-refractivity contribution is -0.140. The van der Waals surface area contributed by atoms with Gasteiger partial charge in [-0.2, -0.15) is 26.3 Å². The summed E-state index contributed by atoms with van der Waals surface area (Å²) in [5.74, 6) is 0. The maximum absolute atomic E-state index is 12.2. The number of hydrogen-bond donors (Lipinski definition) is 1. The maximum atomic E-state index is 12.2. The van der Waals surface area contributed by atoms with Gasteiger partial charge in [0.25, 0.3) is 0 Å². The zero-order chi connectivity index (χ0) is 14.0. The molecule has 0 amide bonds. The number of alkyl halides is 6. The van der Waals surface area contributed by atoms with Gasteiger partial charge in [0.15, 0.2) is 0 Å². The van der Waals surface area contributed by atoms with E-state index >= 15 is 0 Å². The fourth-order valence-corrected chi connectivity index (χ4v) is 1.22. The van der Waals surface area contributed by atoms with Crippen LogP contribution in [0, 0.1) is 0 Å². The monoisotopic (exact) mass is 273 g/mol. The van der Waals surface area contributed by atoms with Gasteiger partial charge in [-0.25, -0.2) is 0 Å². The van der Waals surface area contributed by atoms with Gasteiger partial charge >= 0.3 is 12.4 Å². The van der Waals surface area contributed by atoms with Gasteiger partial charge < -0.3 is 5.11 Å². The van der Waals surface area contributed by atoms with Crippen LogP contribution in [0.3, 0.4) is 0 Å². The average molecular weight is 273 g/mol. The standard InChI is InChI=1S/C10H9F6NO/c11-9(12,13)4-3-8(18)7-2-1-6(5-17-7)10(14,15)16/h1-2,5,8,18H,3-4H2. The number of pyridine rings is 1. The Kier molecular flexibility index (Phi) is 4.20. The number of nitrogens with zero attached hydrogens (tertiary/aromatic N) is 1. The van der Waals surface area contributed by atoms with E-state index in [4.69, 9.17) is 0 Å². The van der Waals surface area contributed by atoms with E-state index in [1.54, 1.807) is 0 Å². The molecule has 18 heavy (non-hydrogen) atoms. The zero-order valence-electron chi connectivity index (χ0n) is 8.89. The van der Waals surface area contributed by atoms with Crippen LogP contribution >= 0.6 is 0 Å². The molecule has 1 atom stereocenters. The van der Waals surface area contributed by atoms with Crippen molar-refractivity contribution in [3.8, 4) is 0 Å². The minimum absolute atomic E-state index is 0.216. The van der Waals surface area contributed by atoms with Gasteiger partial charge in [-0.15, -0.1) is 0 Å². The van der Waals surface area contributed by atoms with Crippen LogP contribution in [0.1, 0.15) is 30.2 Å². The predicted molar refractivity (Wildman–Crippen MR) is 49.5 cm³/mol. The fourth-order valence-electron chi connectivity index (χ4n) is 1.22. The smallest absolute Gasteiger partial charge is 0.387 e. The van der Waals surface area contributed by atoms with Crippen molar-refractivity contribution in [3.05, 3.63) is 29.6 Å². The van der Waals surface area contributed by atoms with Crippen LogP contribution in [0.4, 0.5) is 26.3 Å². The van der Waals surface area contributed by atoms with Crippen molar-refractivity contribution in [3.63, 3.8) is 0 Å². The van der Waals surface area contributed by atoms with Crippen molar-refractivity contribution in [2.24, 2.45) is 0 Å². The van der Waals surface area contributed by atoms with Crippen LogP contribution in [0.25, 0.3) is 0 Å². The molecule has 1 aromatic heterocycles. The largest absolute Gasteiger partial charge is 0.417 e. The molecule has 8 heteroatoms. The zero-order valence-corrected chi connectivity index (χ0v) is 8.89. The second-order valence-electron chi connectivity index (χ2n) is 3.64. The molecule has 0 saturated carbocycles. The van der Waals surface area contributed by atoms with Crippen LogP contribution < -0.4 is 0 Å². The Morgan fingerprint density at radius 1 is 1.11 bits per heavy atom. The Balaban J connectivity index is 2.68. The van der Waals surface area contributed by atoms with Crippen LogP contribution in [0.2, 0.25) is 0 Å². The summed E-state index contributed by atoms with van der Waals surface area (Å²) in [5, 5.41) is 9.33. The molecule has 0 saturated heterocycles. The molecule has 2 nitrogen and oxygen atoms in total. The predicted octanol–water partition coefficient (Wildman–Crippen LogP) is 3.48. The van der Waals surface area contributed by atoms with E-state index in [2.05, 4.69) is 4.98 Å². The SMILES string of the molecule is OC(CCC(F)(F)F)c1ccc(C(F)(F)F)cn1. The van der Waals surface area contributed by atoms with E-state index in [1.807, 2.05) is 0 Å². The summed E-state index contributed by atoms with van der Waals surface area (Å²) in [4.78, 5) is 3.31. The van der Waals surface area contributed by atoms with E-state index in [0.717, 1.165) is 6.07 Å². The minimum Gasteiger partial charge on any atom is -0.387 e. The van der Waals surface area contributed by atoms with Gasteiger partial charge in [-0.3, -0.25) is 4.98 Å². The number of aliphatic hydroxyl groups is 1. The molecule has 0 aliphatic heterocycles. The van der Waals surface area contributed by atoms with E-state index in [-0.39, 0.29) is 5.69 Å². The van der Waals surface area contributed by atoms with E-state index in [0.29, 0.717) is 12.3 Å². The number of halogens is 6. The van der Waals surface area contributed by atoms with Crippen molar-refractivity contribution >= 4 is 0 Å². The molecule has 0 radical (unpaired) electrons. The first-order chi connectivity index (χ1) is 8.09. The number of aromatic nitrogens is 1. The van der Waals surface area contributed by atoms with Gasteiger partial charge in [0.2, 0.25) is 0 Å². The van der Waals surface area contributed by atoms with E-state index in [1.165, 1.54) is 0 Å². The van der Waals surface area contributed by atoms with Gasteiger partial charge in [-0.05, 0) is 18.6 Å². The third kappa shape index (κ3) is 4.52. The van der Waals surface area contributed by atoms with Gasteiger partial charge in [-0.1, -0.05) is 0 Å². The number of hydrogen-bond acceptors (Lipinski definition) is 2. The summed E-state index contributed by atoms with van der Waals surface area (Å²) >= 11 is 0. The molecule has 1 aromatic rings. The molecule has 0 fully saturated rings. The molecule has 0 aliphatic rings. The number of aliphatic hydroxyl groups excluding tert-OH is 1. The highest BCUT2D eigenvalue weighted by atomic mass is 19.4. The Labute approximate surface area is 98.3 Å². The van der Waals surface area contributed by atoms with E-state index in [9.17, 15) is 31.4 Å². The van der Waals surface area contributed by atoms with Gasteiger partial charge in [0.1, 0.15) is 0 Å². The Morgan fingerprint density at radius 2 is 1.72 bits per heavy atom. The third-order valence-corrected chi connectivity index (χ3v) is 2.16. The second-order valence-corrected chi connectivity index (χ2v) is 3.64. The van der Waals surface area contributed by atoms with Crippen LogP contribution in [-0.2, 0) is 6.18 Å². The minimum atomic E-state index is -4.57. The van der Waals surface area contributed by atoms with Crippen molar-refractivity contribution < 1.29 is 31.4 Å². The molecular formula is C10H9F6NO. The summed E-state index contributed by atoms with van der Waals surface area (Å²) in [6.45, 7) is 0. The lowest BCUT2D eigenvalue weighted by atomic mass is 10.1. The van der Waals surface area contributed by atoms with Gasteiger partial charge in [0.05, 0.1) is 17.4 Å². The van der Waals surface area contributed by atoms with Crippen LogP contribution in [0.15, 0.2) is 18.3 Å². The highest BCUT2D eigenvalue weighted by Gasteiger charge is 2.31. The van der Waals surface area contributed by atoms with Crippen LogP contribution in [0.5, 0.6) is 0 Å². The number of rotatable bonds is 3. The normalized spacial score (nSPS) is 14.6. The quantitative estimate of drug-likeness (QED) is 0.855. The van der Waals surface area contributed by atoms with Gasteiger partial charge in [0, 0.05) is 12.6 Å². The average Bonchev–Trinajstić information content (AvgIpc) is 2.24. The first-order valence-corrected chi connectivity index (χ1v) is 4.87. The van der Waals surface area contributed by atoms with Crippen molar-refractivity contribution in [1.29, 1.82) is 0 Å². The summed E-state index contributed by atoms with van der Waals surface area (Å²) in [6, 6.07) is 1.53. The molecule has 0 aromatic carbocycles. The van der Waals surface area contributed by atoms with E-state index < -0.39 is 36.9 Å². The molecule has 102 valence electrons.